The summed E-state index contributed by atoms with van der Waals surface area (Å²) in [5.41, 5.74) is 2.14. The van der Waals surface area contributed by atoms with Gasteiger partial charge in [0.1, 0.15) is 5.69 Å². The maximum Gasteiger partial charge on any atom is 0.356 e. The highest BCUT2D eigenvalue weighted by Crippen LogP contribution is 2.53. The molecule has 4 rings (SSSR count). The van der Waals surface area contributed by atoms with E-state index in [0.29, 0.717) is 17.1 Å². The summed E-state index contributed by atoms with van der Waals surface area (Å²) in [6, 6.07) is 7.71. The standard InChI is InChI=1S/C23H31N3O3/c1-14(26-13-23(4)11-15(26)10-22(2,3)12-23)20(27)25-18-16-8-6-7-9-17(16)24-19(18)21(28)29-5/h6-9,14-15,24H,10-13H2,1-5H3,(H,25,27)/t14-,15-,23+/m0/s1. The second-order valence-electron chi connectivity index (χ2n) is 9.96. The average Bonchev–Trinajstić information content (AvgIpc) is 3.14. The Kier molecular flexibility index (Phi) is 4.73. The number of nitrogens with one attached hydrogen (secondary N) is 2. The Morgan fingerprint density at radius 3 is 2.69 bits per heavy atom. The van der Waals surface area contributed by atoms with Crippen molar-refractivity contribution in [3.05, 3.63) is 30.0 Å². The number of esters is 1. The number of para-hydroxylation sites is 1. The first-order valence-electron chi connectivity index (χ1n) is 10.4. The molecule has 1 aromatic carbocycles. The van der Waals surface area contributed by atoms with Gasteiger partial charge in [-0.2, -0.15) is 0 Å². The van der Waals surface area contributed by atoms with Crippen LogP contribution in [-0.4, -0.2) is 47.5 Å². The van der Waals surface area contributed by atoms with Crippen LogP contribution in [0.4, 0.5) is 5.69 Å². The molecule has 29 heavy (non-hydrogen) atoms. The second kappa shape index (κ2) is 6.87. The van der Waals surface area contributed by atoms with Gasteiger partial charge in [-0.3, -0.25) is 9.69 Å². The number of rotatable bonds is 4. The van der Waals surface area contributed by atoms with Crippen molar-refractivity contribution >= 4 is 28.5 Å². The first kappa shape index (κ1) is 20.0. The van der Waals surface area contributed by atoms with Gasteiger partial charge in [0.2, 0.25) is 5.91 Å². The Hall–Kier alpha value is -2.34. The number of methoxy groups -OCH3 is 1. The van der Waals surface area contributed by atoms with Crippen molar-refractivity contribution in [3.63, 3.8) is 0 Å². The zero-order valence-electron chi connectivity index (χ0n) is 18.0. The fourth-order valence-electron chi connectivity index (χ4n) is 5.86. The third-order valence-electron chi connectivity index (χ3n) is 6.68. The molecule has 2 N–H and O–H groups in total. The molecule has 0 radical (unpaired) electrons. The molecule has 1 saturated heterocycles. The number of fused-ring (bicyclic) bond motifs is 3. The third kappa shape index (κ3) is 3.54. The van der Waals surface area contributed by atoms with Crippen LogP contribution >= 0.6 is 0 Å². The maximum atomic E-state index is 13.2. The van der Waals surface area contributed by atoms with Gasteiger partial charge in [-0.25, -0.2) is 4.79 Å². The van der Waals surface area contributed by atoms with Crippen LogP contribution in [0.15, 0.2) is 24.3 Å². The summed E-state index contributed by atoms with van der Waals surface area (Å²) in [6.07, 6.45) is 3.45. The van der Waals surface area contributed by atoms with Gasteiger partial charge in [0.25, 0.3) is 0 Å². The molecular formula is C23H31N3O3. The van der Waals surface area contributed by atoms with Crippen molar-refractivity contribution < 1.29 is 14.3 Å². The SMILES string of the molecule is COC(=O)c1[nH]c2ccccc2c1NC(=O)[C@H](C)N1C[C@]2(C)C[C@@H]1CC(C)(C)C2. The molecule has 0 unspecified atom stereocenters. The largest absolute Gasteiger partial charge is 0.464 e. The number of amides is 1. The molecule has 6 nitrogen and oxygen atoms in total. The van der Waals surface area contributed by atoms with E-state index < -0.39 is 5.97 Å². The van der Waals surface area contributed by atoms with Gasteiger partial charge in [-0.1, -0.05) is 39.0 Å². The van der Waals surface area contributed by atoms with Crippen LogP contribution in [0.3, 0.4) is 0 Å². The second-order valence-corrected chi connectivity index (χ2v) is 9.96. The summed E-state index contributed by atoms with van der Waals surface area (Å²) >= 11 is 0. The number of carbonyl (C=O) groups is 2. The summed E-state index contributed by atoms with van der Waals surface area (Å²) in [6.45, 7) is 9.92. The van der Waals surface area contributed by atoms with E-state index in [0.717, 1.165) is 30.3 Å². The molecule has 6 heteroatoms. The Bertz CT molecular complexity index is 963. The predicted octanol–water partition coefficient (Wildman–Crippen LogP) is 4.18. The average molecular weight is 398 g/mol. The van der Waals surface area contributed by atoms with Gasteiger partial charge in [-0.15, -0.1) is 0 Å². The molecule has 156 valence electrons. The number of likely N-dealkylation sites (tertiary alicyclic amines) is 1. The number of ether oxygens (including phenoxy) is 1. The van der Waals surface area contributed by atoms with E-state index in [4.69, 9.17) is 4.74 Å². The first-order valence-corrected chi connectivity index (χ1v) is 10.4. The van der Waals surface area contributed by atoms with Crippen LogP contribution in [0.5, 0.6) is 0 Å². The van der Waals surface area contributed by atoms with Gasteiger partial charge in [0.15, 0.2) is 0 Å². The minimum atomic E-state index is -0.490. The molecule has 1 aliphatic heterocycles. The summed E-state index contributed by atoms with van der Waals surface area (Å²) in [4.78, 5) is 30.9. The Morgan fingerprint density at radius 2 is 1.97 bits per heavy atom. The number of anilines is 1. The van der Waals surface area contributed by atoms with Gasteiger partial charge in [0, 0.05) is 23.5 Å². The number of hydrogen-bond donors (Lipinski definition) is 2. The molecular weight excluding hydrogens is 366 g/mol. The summed E-state index contributed by atoms with van der Waals surface area (Å²) in [5, 5.41) is 3.83. The van der Waals surface area contributed by atoms with Gasteiger partial charge >= 0.3 is 5.97 Å². The first-order chi connectivity index (χ1) is 13.6. The molecule has 1 amide bonds. The fraction of sp³-hybridized carbons (Fsp3) is 0.565. The van der Waals surface area contributed by atoms with Crippen LogP contribution in [0, 0.1) is 10.8 Å². The van der Waals surface area contributed by atoms with E-state index in [1.165, 1.54) is 13.5 Å². The van der Waals surface area contributed by atoms with Gasteiger partial charge in [-0.05, 0) is 43.1 Å². The van der Waals surface area contributed by atoms with Crippen molar-refractivity contribution in [2.24, 2.45) is 10.8 Å². The smallest absolute Gasteiger partial charge is 0.356 e. The number of aromatic amines is 1. The monoisotopic (exact) mass is 397 g/mol. The lowest BCUT2D eigenvalue weighted by Crippen LogP contribution is -2.45. The highest BCUT2D eigenvalue weighted by Gasteiger charge is 2.51. The summed E-state index contributed by atoms with van der Waals surface area (Å²) in [5.74, 6) is -0.579. The molecule has 1 aromatic heterocycles. The molecule has 2 fully saturated rings. The van der Waals surface area contributed by atoms with Crippen molar-refractivity contribution in [2.75, 3.05) is 19.0 Å². The van der Waals surface area contributed by atoms with Crippen LogP contribution in [0.25, 0.3) is 10.9 Å². The van der Waals surface area contributed by atoms with Crippen LogP contribution in [0.1, 0.15) is 57.4 Å². The van der Waals surface area contributed by atoms with E-state index in [-0.39, 0.29) is 23.1 Å². The zero-order chi connectivity index (χ0) is 21.0. The van der Waals surface area contributed by atoms with E-state index in [1.54, 1.807) is 0 Å². The minimum Gasteiger partial charge on any atom is -0.464 e. The number of nitrogens with zero attached hydrogens (tertiary/aromatic N) is 1. The van der Waals surface area contributed by atoms with Crippen molar-refractivity contribution in [1.82, 2.24) is 9.88 Å². The molecule has 2 bridgehead atoms. The van der Waals surface area contributed by atoms with Crippen LogP contribution in [-0.2, 0) is 9.53 Å². The highest BCUT2D eigenvalue weighted by molar-refractivity contribution is 6.11. The number of benzene rings is 1. The molecule has 3 atom stereocenters. The van der Waals surface area contributed by atoms with E-state index in [1.807, 2.05) is 31.2 Å². The third-order valence-corrected chi connectivity index (χ3v) is 6.68. The van der Waals surface area contributed by atoms with E-state index in [2.05, 4.69) is 36.0 Å². The lowest BCUT2D eigenvalue weighted by molar-refractivity contribution is -0.121. The lowest BCUT2D eigenvalue weighted by Gasteiger charge is -2.40. The Morgan fingerprint density at radius 1 is 1.24 bits per heavy atom. The number of carbonyl (C=O) groups excluding carboxylic acids is 2. The fourth-order valence-corrected chi connectivity index (χ4v) is 5.86. The summed E-state index contributed by atoms with van der Waals surface area (Å²) < 4.78 is 4.91. The van der Waals surface area contributed by atoms with Gasteiger partial charge in [0.05, 0.1) is 18.8 Å². The lowest BCUT2D eigenvalue weighted by atomic mass is 9.65. The molecule has 0 spiro atoms. The molecule has 1 aliphatic carbocycles. The van der Waals surface area contributed by atoms with Crippen molar-refractivity contribution in [2.45, 2.75) is 59.0 Å². The predicted molar refractivity (Wildman–Crippen MR) is 114 cm³/mol. The van der Waals surface area contributed by atoms with Crippen LogP contribution in [0.2, 0.25) is 0 Å². The summed E-state index contributed by atoms with van der Waals surface area (Å²) in [7, 11) is 1.34. The van der Waals surface area contributed by atoms with E-state index in [9.17, 15) is 9.59 Å². The minimum absolute atomic E-state index is 0.0890. The van der Waals surface area contributed by atoms with Gasteiger partial charge < -0.3 is 15.0 Å². The number of aromatic nitrogens is 1. The normalized spacial score (nSPS) is 27.0. The van der Waals surface area contributed by atoms with Crippen molar-refractivity contribution in [1.29, 1.82) is 0 Å². The molecule has 2 heterocycles. The van der Waals surface area contributed by atoms with Crippen LogP contribution < -0.4 is 5.32 Å². The highest BCUT2D eigenvalue weighted by atomic mass is 16.5. The molecule has 2 aliphatic rings. The Balaban J connectivity index is 1.60. The Labute approximate surface area is 172 Å². The number of hydrogen-bond acceptors (Lipinski definition) is 4. The quantitative estimate of drug-likeness (QED) is 0.759. The molecule has 2 aromatic rings. The number of H-pyrrole nitrogens is 1. The van der Waals surface area contributed by atoms with E-state index >= 15 is 0 Å². The molecule has 1 saturated carbocycles. The maximum absolute atomic E-state index is 13.2. The van der Waals surface area contributed by atoms with Crippen molar-refractivity contribution in [3.8, 4) is 0 Å². The zero-order valence-corrected chi connectivity index (χ0v) is 18.0. The topological polar surface area (TPSA) is 74.4 Å².